The van der Waals surface area contributed by atoms with Gasteiger partial charge in [0.1, 0.15) is 29.3 Å². The number of benzene rings is 2. The topological polar surface area (TPSA) is 85.4 Å². The number of carbonyl (C=O) groups excluding carboxylic acids is 1. The second-order valence-corrected chi connectivity index (χ2v) is 6.28. The number of carbonyl (C=O) groups is 1. The third-order valence-electron chi connectivity index (χ3n) is 4.00. The molecule has 2 aromatic carbocycles. The zero-order valence-electron chi connectivity index (χ0n) is 15.6. The third kappa shape index (κ3) is 4.32. The summed E-state index contributed by atoms with van der Waals surface area (Å²) < 4.78 is 10.6. The van der Waals surface area contributed by atoms with Crippen LogP contribution < -0.4 is 20.1 Å². The lowest BCUT2D eigenvalue weighted by molar-refractivity contribution is 0.102. The van der Waals surface area contributed by atoms with Gasteiger partial charge in [-0.15, -0.1) is 0 Å². The molecule has 0 radical (unpaired) electrons. The molecule has 3 rings (SSSR count). The maximum Gasteiger partial charge on any atom is 0.274 e. The summed E-state index contributed by atoms with van der Waals surface area (Å²) in [7, 11) is 3.09. The Bertz CT molecular complexity index is 1010. The van der Waals surface area contributed by atoms with Crippen LogP contribution in [-0.4, -0.2) is 30.1 Å². The lowest BCUT2D eigenvalue weighted by Crippen LogP contribution is -2.15. The lowest BCUT2D eigenvalue weighted by atomic mass is 10.2. The molecule has 0 saturated carbocycles. The molecule has 0 unspecified atom stereocenters. The van der Waals surface area contributed by atoms with Crippen molar-refractivity contribution in [3.63, 3.8) is 0 Å². The summed E-state index contributed by atoms with van der Waals surface area (Å²) in [6.45, 7) is 1.84. The molecule has 2 N–H and O–H groups in total. The molecular weight excluding hydrogens is 380 g/mol. The minimum absolute atomic E-state index is 0.196. The fourth-order valence-electron chi connectivity index (χ4n) is 2.55. The minimum Gasteiger partial charge on any atom is -0.495 e. The van der Waals surface area contributed by atoms with Crippen molar-refractivity contribution in [3.05, 3.63) is 65.1 Å². The van der Waals surface area contributed by atoms with Crippen LogP contribution in [0.4, 0.5) is 17.2 Å². The summed E-state index contributed by atoms with van der Waals surface area (Å²) in [6, 6.07) is 12.4. The van der Waals surface area contributed by atoms with E-state index in [0.717, 1.165) is 11.3 Å². The van der Waals surface area contributed by atoms with Gasteiger partial charge in [0, 0.05) is 17.2 Å². The van der Waals surface area contributed by atoms with Crippen molar-refractivity contribution in [2.24, 2.45) is 0 Å². The van der Waals surface area contributed by atoms with Crippen LogP contribution in [0.5, 0.6) is 11.5 Å². The molecule has 0 spiro atoms. The van der Waals surface area contributed by atoms with Crippen LogP contribution in [-0.2, 0) is 0 Å². The van der Waals surface area contributed by atoms with Crippen LogP contribution >= 0.6 is 11.6 Å². The Labute approximate surface area is 167 Å². The average molecular weight is 399 g/mol. The fourth-order valence-corrected chi connectivity index (χ4v) is 2.71. The number of hydrogen-bond donors (Lipinski definition) is 2. The molecule has 28 heavy (non-hydrogen) atoms. The van der Waals surface area contributed by atoms with Crippen molar-refractivity contribution >= 4 is 34.7 Å². The number of nitrogens with one attached hydrogen (secondary N) is 2. The highest BCUT2D eigenvalue weighted by Gasteiger charge is 2.14. The Balaban J connectivity index is 1.82. The molecule has 0 saturated heterocycles. The number of ether oxygens (including phenoxy) is 2. The van der Waals surface area contributed by atoms with Crippen molar-refractivity contribution in [2.75, 3.05) is 24.9 Å². The van der Waals surface area contributed by atoms with Gasteiger partial charge in [0.25, 0.3) is 5.91 Å². The zero-order valence-corrected chi connectivity index (χ0v) is 16.4. The molecule has 144 valence electrons. The van der Waals surface area contributed by atoms with Gasteiger partial charge in [0.2, 0.25) is 0 Å². The van der Waals surface area contributed by atoms with E-state index in [2.05, 4.69) is 20.6 Å². The van der Waals surface area contributed by atoms with E-state index in [0.29, 0.717) is 28.0 Å². The number of nitrogens with zero attached hydrogens (tertiary/aromatic N) is 2. The number of amides is 1. The first-order valence-electron chi connectivity index (χ1n) is 8.39. The maximum atomic E-state index is 12.7. The van der Waals surface area contributed by atoms with Crippen molar-refractivity contribution in [1.29, 1.82) is 0 Å². The van der Waals surface area contributed by atoms with Gasteiger partial charge in [0.15, 0.2) is 0 Å². The van der Waals surface area contributed by atoms with Gasteiger partial charge < -0.3 is 20.1 Å². The summed E-state index contributed by atoms with van der Waals surface area (Å²) in [6.07, 6.45) is 1.32. The summed E-state index contributed by atoms with van der Waals surface area (Å²) in [5.41, 5.74) is 2.25. The number of halogens is 1. The highest BCUT2D eigenvalue weighted by atomic mass is 35.5. The van der Waals surface area contributed by atoms with Gasteiger partial charge in [0.05, 0.1) is 25.6 Å². The number of anilines is 3. The molecule has 0 atom stereocenters. The Morgan fingerprint density at radius 3 is 2.50 bits per heavy atom. The summed E-state index contributed by atoms with van der Waals surface area (Å²) in [4.78, 5) is 20.9. The quantitative estimate of drug-likeness (QED) is 0.638. The van der Waals surface area contributed by atoms with E-state index >= 15 is 0 Å². The Hall–Kier alpha value is -3.32. The van der Waals surface area contributed by atoms with Crippen LogP contribution in [0.2, 0.25) is 5.02 Å². The summed E-state index contributed by atoms with van der Waals surface area (Å²) >= 11 is 6.11. The Morgan fingerprint density at radius 2 is 1.75 bits per heavy atom. The highest BCUT2D eigenvalue weighted by molar-refractivity contribution is 6.31. The lowest BCUT2D eigenvalue weighted by Gasteiger charge is -2.13. The highest BCUT2D eigenvalue weighted by Crippen LogP contribution is 2.31. The largest absolute Gasteiger partial charge is 0.495 e. The zero-order chi connectivity index (χ0) is 20.1. The molecule has 1 amide bonds. The van der Waals surface area contributed by atoms with E-state index < -0.39 is 5.91 Å². The summed E-state index contributed by atoms with van der Waals surface area (Å²) in [5, 5.41) is 6.47. The minimum atomic E-state index is -0.398. The first-order valence-corrected chi connectivity index (χ1v) is 8.77. The second kappa shape index (κ2) is 8.58. The second-order valence-electron chi connectivity index (χ2n) is 5.87. The number of aromatic nitrogens is 2. The smallest absolute Gasteiger partial charge is 0.274 e. The fraction of sp³-hybridized carbons (Fsp3) is 0.150. The predicted molar refractivity (Wildman–Crippen MR) is 109 cm³/mol. The first kappa shape index (κ1) is 19.4. The van der Waals surface area contributed by atoms with Crippen molar-refractivity contribution in [2.45, 2.75) is 6.92 Å². The van der Waals surface area contributed by atoms with Gasteiger partial charge in [-0.25, -0.2) is 9.97 Å². The molecule has 8 heteroatoms. The molecule has 0 bridgehead atoms. The molecule has 1 aromatic heterocycles. The normalized spacial score (nSPS) is 10.3. The van der Waals surface area contributed by atoms with Crippen LogP contribution in [0.1, 0.15) is 16.1 Å². The number of methoxy groups -OCH3 is 2. The molecular formula is C20H19ClN4O3. The van der Waals surface area contributed by atoms with Gasteiger partial charge in [-0.1, -0.05) is 23.7 Å². The Kier molecular flexibility index (Phi) is 5.96. The molecule has 3 aromatic rings. The van der Waals surface area contributed by atoms with Gasteiger partial charge in [-0.2, -0.15) is 0 Å². The van der Waals surface area contributed by atoms with Gasteiger partial charge >= 0.3 is 0 Å². The molecule has 7 nitrogen and oxygen atoms in total. The molecule has 0 aliphatic carbocycles. The van der Waals surface area contributed by atoms with E-state index in [1.54, 1.807) is 25.3 Å². The van der Waals surface area contributed by atoms with Crippen LogP contribution in [0.25, 0.3) is 0 Å². The summed E-state index contributed by atoms with van der Waals surface area (Å²) in [5.74, 6) is 1.19. The number of hydrogen-bond acceptors (Lipinski definition) is 6. The van der Waals surface area contributed by atoms with E-state index in [1.165, 1.54) is 13.4 Å². The Morgan fingerprint density at radius 1 is 1.00 bits per heavy atom. The van der Waals surface area contributed by atoms with Crippen LogP contribution in [0.3, 0.4) is 0 Å². The van der Waals surface area contributed by atoms with E-state index in [9.17, 15) is 4.79 Å². The van der Waals surface area contributed by atoms with Crippen LogP contribution in [0.15, 0.2) is 48.8 Å². The number of para-hydroxylation sites is 2. The van der Waals surface area contributed by atoms with E-state index in [4.69, 9.17) is 21.1 Å². The first-order chi connectivity index (χ1) is 13.5. The van der Waals surface area contributed by atoms with Crippen molar-refractivity contribution < 1.29 is 14.3 Å². The van der Waals surface area contributed by atoms with Crippen molar-refractivity contribution in [3.8, 4) is 11.5 Å². The number of rotatable bonds is 6. The molecule has 1 heterocycles. The van der Waals surface area contributed by atoms with E-state index in [1.807, 2.05) is 31.2 Å². The molecule has 0 aliphatic rings. The monoisotopic (exact) mass is 398 g/mol. The molecule has 0 fully saturated rings. The SMILES string of the molecule is COc1cc(Cl)c(C)cc1NC(=O)c1cc(Nc2ccccc2OC)ncn1. The van der Waals surface area contributed by atoms with Crippen LogP contribution in [0, 0.1) is 6.92 Å². The number of aryl methyl sites for hydroxylation is 1. The third-order valence-corrected chi connectivity index (χ3v) is 4.41. The van der Waals surface area contributed by atoms with E-state index in [-0.39, 0.29) is 5.69 Å². The van der Waals surface area contributed by atoms with Gasteiger partial charge in [-0.05, 0) is 30.7 Å². The van der Waals surface area contributed by atoms with Crippen molar-refractivity contribution in [1.82, 2.24) is 9.97 Å². The molecule has 0 aliphatic heterocycles. The average Bonchev–Trinajstić information content (AvgIpc) is 2.71. The standard InChI is InChI=1S/C20H19ClN4O3/c1-12-8-15(18(28-3)9-13(12)21)25-20(26)16-10-19(23-11-22-16)24-14-6-4-5-7-17(14)27-2/h4-11H,1-3H3,(H,25,26)(H,22,23,24). The van der Waals surface area contributed by atoms with Gasteiger partial charge in [-0.3, -0.25) is 4.79 Å². The predicted octanol–water partition coefficient (Wildman–Crippen LogP) is 4.45. The maximum absolute atomic E-state index is 12.7.